The molecule has 0 aliphatic carbocycles. The summed E-state index contributed by atoms with van der Waals surface area (Å²) in [6, 6.07) is 0.364. The molecule has 1 heterocycles. The fourth-order valence-electron chi connectivity index (χ4n) is 2.42. The monoisotopic (exact) mass is 212 g/mol. The maximum absolute atomic E-state index is 11.0. The second kappa shape index (κ2) is 6.11. The molecular weight excluding hydrogens is 188 g/mol. The van der Waals surface area contributed by atoms with E-state index in [2.05, 4.69) is 24.1 Å². The van der Waals surface area contributed by atoms with Crippen molar-refractivity contribution in [2.24, 2.45) is 5.92 Å². The highest BCUT2D eigenvalue weighted by Gasteiger charge is 2.24. The zero-order chi connectivity index (χ0) is 11.3. The number of nitrogens with one attached hydrogen (secondary N) is 1. The van der Waals surface area contributed by atoms with Crippen LogP contribution >= 0.6 is 0 Å². The molecule has 0 saturated carbocycles. The summed E-state index contributed by atoms with van der Waals surface area (Å²) in [7, 11) is 0. The van der Waals surface area contributed by atoms with E-state index in [9.17, 15) is 4.79 Å². The standard InChI is InChI=1S/C12H24N2O/c1-4-5-6-14-8-10(2)7-12(9-14)13-11(3)15/h10,12H,4-9H2,1-3H3,(H,13,15). The third-order valence-electron chi connectivity index (χ3n) is 2.97. The molecule has 2 atom stereocenters. The number of rotatable bonds is 4. The van der Waals surface area contributed by atoms with E-state index in [0.29, 0.717) is 12.0 Å². The van der Waals surface area contributed by atoms with Gasteiger partial charge in [0.05, 0.1) is 0 Å². The van der Waals surface area contributed by atoms with Gasteiger partial charge in [0.15, 0.2) is 0 Å². The van der Waals surface area contributed by atoms with Gasteiger partial charge in [-0.15, -0.1) is 0 Å². The quantitative estimate of drug-likeness (QED) is 0.768. The first-order valence-electron chi connectivity index (χ1n) is 6.11. The molecule has 2 unspecified atom stereocenters. The highest BCUT2D eigenvalue weighted by Crippen LogP contribution is 2.16. The Labute approximate surface area is 93.2 Å². The van der Waals surface area contributed by atoms with Gasteiger partial charge in [0, 0.05) is 26.1 Å². The minimum atomic E-state index is 0.101. The molecule has 1 N–H and O–H groups in total. The molecule has 3 heteroatoms. The van der Waals surface area contributed by atoms with Gasteiger partial charge < -0.3 is 10.2 Å². The Morgan fingerprint density at radius 1 is 1.47 bits per heavy atom. The van der Waals surface area contributed by atoms with Crippen molar-refractivity contribution >= 4 is 5.91 Å². The molecule has 0 radical (unpaired) electrons. The second-order valence-corrected chi connectivity index (χ2v) is 4.85. The number of likely N-dealkylation sites (tertiary alicyclic amines) is 1. The van der Waals surface area contributed by atoms with Gasteiger partial charge in [0.25, 0.3) is 0 Å². The maximum atomic E-state index is 11.0. The number of carbonyl (C=O) groups excluding carboxylic acids is 1. The SMILES string of the molecule is CCCCN1CC(C)CC(NC(C)=O)C1. The Bertz CT molecular complexity index is 206. The highest BCUT2D eigenvalue weighted by atomic mass is 16.1. The van der Waals surface area contributed by atoms with Gasteiger partial charge in [-0.3, -0.25) is 4.79 Å². The zero-order valence-electron chi connectivity index (χ0n) is 10.3. The number of piperidine rings is 1. The van der Waals surface area contributed by atoms with E-state index in [1.165, 1.54) is 25.9 Å². The first kappa shape index (κ1) is 12.5. The number of hydrogen-bond acceptors (Lipinski definition) is 2. The average molecular weight is 212 g/mol. The van der Waals surface area contributed by atoms with Gasteiger partial charge in [-0.1, -0.05) is 20.3 Å². The largest absolute Gasteiger partial charge is 0.352 e. The Morgan fingerprint density at radius 2 is 2.20 bits per heavy atom. The summed E-state index contributed by atoms with van der Waals surface area (Å²) < 4.78 is 0. The van der Waals surface area contributed by atoms with Gasteiger partial charge in [0.1, 0.15) is 0 Å². The van der Waals surface area contributed by atoms with E-state index in [4.69, 9.17) is 0 Å². The smallest absolute Gasteiger partial charge is 0.217 e. The number of unbranched alkanes of at least 4 members (excludes halogenated alkanes) is 1. The number of amides is 1. The maximum Gasteiger partial charge on any atom is 0.217 e. The summed E-state index contributed by atoms with van der Waals surface area (Å²) in [5, 5.41) is 3.04. The van der Waals surface area contributed by atoms with E-state index in [1.807, 2.05) is 0 Å². The van der Waals surface area contributed by atoms with Crippen LogP contribution in [0.4, 0.5) is 0 Å². The van der Waals surface area contributed by atoms with Crippen molar-refractivity contribution in [3.05, 3.63) is 0 Å². The molecule has 0 aromatic carbocycles. The van der Waals surface area contributed by atoms with Crippen LogP contribution < -0.4 is 5.32 Å². The lowest BCUT2D eigenvalue weighted by Gasteiger charge is -2.36. The Balaban J connectivity index is 2.37. The lowest BCUT2D eigenvalue weighted by molar-refractivity contribution is -0.120. The number of carbonyl (C=O) groups is 1. The van der Waals surface area contributed by atoms with Crippen LogP contribution in [0.15, 0.2) is 0 Å². The molecule has 0 spiro atoms. The summed E-state index contributed by atoms with van der Waals surface area (Å²) in [6.07, 6.45) is 3.64. The van der Waals surface area contributed by atoms with Crippen LogP contribution in [-0.2, 0) is 4.79 Å². The molecule has 0 aromatic rings. The van der Waals surface area contributed by atoms with Crippen molar-refractivity contribution in [2.45, 2.75) is 46.1 Å². The predicted molar refractivity (Wildman–Crippen MR) is 62.7 cm³/mol. The van der Waals surface area contributed by atoms with Crippen LogP contribution in [0.1, 0.15) is 40.0 Å². The molecule has 1 aliphatic heterocycles. The minimum absolute atomic E-state index is 0.101. The summed E-state index contributed by atoms with van der Waals surface area (Å²) in [6.45, 7) is 9.50. The van der Waals surface area contributed by atoms with Crippen LogP contribution in [0.3, 0.4) is 0 Å². The Hall–Kier alpha value is -0.570. The normalized spacial score (nSPS) is 27.7. The summed E-state index contributed by atoms with van der Waals surface area (Å²) in [4.78, 5) is 13.5. The van der Waals surface area contributed by atoms with Gasteiger partial charge in [0.2, 0.25) is 5.91 Å². The van der Waals surface area contributed by atoms with E-state index >= 15 is 0 Å². The summed E-state index contributed by atoms with van der Waals surface area (Å²) in [5.41, 5.74) is 0. The molecule has 1 amide bonds. The van der Waals surface area contributed by atoms with Crippen molar-refractivity contribution in [3.63, 3.8) is 0 Å². The molecule has 0 aromatic heterocycles. The first-order valence-corrected chi connectivity index (χ1v) is 6.11. The van der Waals surface area contributed by atoms with E-state index < -0.39 is 0 Å². The van der Waals surface area contributed by atoms with Gasteiger partial charge in [-0.25, -0.2) is 0 Å². The van der Waals surface area contributed by atoms with E-state index in [-0.39, 0.29) is 5.91 Å². The second-order valence-electron chi connectivity index (χ2n) is 4.85. The molecule has 3 nitrogen and oxygen atoms in total. The van der Waals surface area contributed by atoms with E-state index in [0.717, 1.165) is 13.0 Å². The zero-order valence-corrected chi connectivity index (χ0v) is 10.3. The molecule has 1 rings (SSSR count). The van der Waals surface area contributed by atoms with Crippen molar-refractivity contribution in [1.82, 2.24) is 10.2 Å². The van der Waals surface area contributed by atoms with E-state index in [1.54, 1.807) is 6.92 Å². The molecule has 1 fully saturated rings. The third kappa shape index (κ3) is 4.65. The van der Waals surface area contributed by atoms with Crippen molar-refractivity contribution in [2.75, 3.05) is 19.6 Å². The Morgan fingerprint density at radius 3 is 2.80 bits per heavy atom. The molecule has 1 aliphatic rings. The minimum Gasteiger partial charge on any atom is -0.352 e. The fraction of sp³-hybridized carbons (Fsp3) is 0.917. The summed E-state index contributed by atoms with van der Waals surface area (Å²) in [5.74, 6) is 0.803. The third-order valence-corrected chi connectivity index (χ3v) is 2.97. The van der Waals surface area contributed by atoms with Crippen molar-refractivity contribution in [3.8, 4) is 0 Å². The molecule has 15 heavy (non-hydrogen) atoms. The molecule has 1 saturated heterocycles. The fourth-order valence-corrected chi connectivity index (χ4v) is 2.42. The van der Waals surface area contributed by atoms with Crippen molar-refractivity contribution in [1.29, 1.82) is 0 Å². The number of hydrogen-bond donors (Lipinski definition) is 1. The molecular formula is C12H24N2O. The predicted octanol–water partition coefficient (Wildman–Crippen LogP) is 1.63. The Kier molecular flexibility index (Phi) is 5.09. The summed E-state index contributed by atoms with van der Waals surface area (Å²) >= 11 is 0. The van der Waals surface area contributed by atoms with Crippen LogP contribution in [0.5, 0.6) is 0 Å². The first-order chi connectivity index (χ1) is 7.11. The van der Waals surface area contributed by atoms with Crippen molar-refractivity contribution < 1.29 is 4.79 Å². The van der Waals surface area contributed by atoms with Crippen LogP contribution in [-0.4, -0.2) is 36.5 Å². The van der Waals surface area contributed by atoms with Gasteiger partial charge in [-0.2, -0.15) is 0 Å². The van der Waals surface area contributed by atoms with Gasteiger partial charge >= 0.3 is 0 Å². The number of nitrogens with zero attached hydrogens (tertiary/aromatic N) is 1. The molecule has 88 valence electrons. The molecule has 0 bridgehead atoms. The van der Waals surface area contributed by atoms with Crippen LogP contribution in [0.2, 0.25) is 0 Å². The topological polar surface area (TPSA) is 32.3 Å². The average Bonchev–Trinajstić information content (AvgIpc) is 2.12. The van der Waals surface area contributed by atoms with Crippen LogP contribution in [0, 0.1) is 5.92 Å². The highest BCUT2D eigenvalue weighted by molar-refractivity contribution is 5.73. The van der Waals surface area contributed by atoms with Gasteiger partial charge in [-0.05, 0) is 25.3 Å². The lowest BCUT2D eigenvalue weighted by atomic mass is 9.95. The van der Waals surface area contributed by atoms with Crippen LogP contribution in [0.25, 0.3) is 0 Å². The lowest BCUT2D eigenvalue weighted by Crippen LogP contribution is -2.50.